The summed E-state index contributed by atoms with van der Waals surface area (Å²) in [5.41, 5.74) is -0.300. The van der Waals surface area contributed by atoms with Crippen molar-refractivity contribution in [1.82, 2.24) is 10.3 Å². The van der Waals surface area contributed by atoms with Gasteiger partial charge in [-0.1, -0.05) is 18.2 Å². The molecule has 0 bridgehead atoms. The van der Waals surface area contributed by atoms with Gasteiger partial charge in [0, 0.05) is 12.1 Å². The first-order valence-electron chi connectivity index (χ1n) is 8.21. The summed E-state index contributed by atoms with van der Waals surface area (Å²) in [4.78, 5) is 3.52. The quantitative estimate of drug-likeness (QED) is 0.782. The highest BCUT2D eigenvalue weighted by Crippen LogP contribution is 2.28. The highest BCUT2D eigenvalue weighted by Gasteiger charge is 2.33. The molecule has 142 valence electrons. The van der Waals surface area contributed by atoms with Crippen molar-refractivity contribution in [2.45, 2.75) is 38.1 Å². The number of halogens is 3. The molecule has 0 saturated carbocycles. The molecule has 2 N–H and O–H groups in total. The van der Waals surface area contributed by atoms with Crippen LogP contribution in [0, 0.1) is 0 Å². The molecule has 7 heteroatoms. The van der Waals surface area contributed by atoms with Crippen molar-refractivity contribution < 1.29 is 23.0 Å². The third-order valence-corrected chi connectivity index (χ3v) is 3.98. The Labute approximate surface area is 151 Å². The van der Waals surface area contributed by atoms with E-state index in [1.165, 1.54) is 12.1 Å². The minimum Gasteiger partial charge on any atom is -0.497 e. The normalized spacial score (nSPS) is 13.5. The van der Waals surface area contributed by atoms with Gasteiger partial charge in [0.15, 0.2) is 0 Å². The number of pyridine rings is 1. The Kier molecular flexibility index (Phi) is 6.26. The molecule has 0 aliphatic heterocycles. The van der Waals surface area contributed by atoms with Crippen LogP contribution in [0.15, 0.2) is 42.5 Å². The van der Waals surface area contributed by atoms with Crippen molar-refractivity contribution >= 4 is 0 Å². The van der Waals surface area contributed by atoms with Gasteiger partial charge < -0.3 is 15.2 Å². The summed E-state index contributed by atoms with van der Waals surface area (Å²) in [6.45, 7) is 4.02. The zero-order valence-corrected chi connectivity index (χ0v) is 15.0. The van der Waals surface area contributed by atoms with Gasteiger partial charge in [0.1, 0.15) is 17.5 Å². The molecule has 0 amide bonds. The highest BCUT2D eigenvalue weighted by atomic mass is 19.4. The van der Waals surface area contributed by atoms with E-state index in [1.807, 2.05) is 38.1 Å². The first-order chi connectivity index (χ1) is 12.1. The van der Waals surface area contributed by atoms with Gasteiger partial charge in [0.05, 0.1) is 12.8 Å². The lowest BCUT2D eigenvalue weighted by atomic mass is 9.94. The van der Waals surface area contributed by atoms with E-state index in [9.17, 15) is 18.3 Å². The number of benzene rings is 1. The van der Waals surface area contributed by atoms with Gasteiger partial charge >= 0.3 is 6.18 Å². The average molecular weight is 368 g/mol. The molecule has 26 heavy (non-hydrogen) atoms. The number of aliphatic hydroxyl groups is 1. The van der Waals surface area contributed by atoms with Crippen LogP contribution in [0.5, 0.6) is 5.75 Å². The summed E-state index contributed by atoms with van der Waals surface area (Å²) in [5.74, 6) is 0.769. The Morgan fingerprint density at radius 2 is 1.77 bits per heavy atom. The molecule has 1 aromatic heterocycles. The van der Waals surface area contributed by atoms with Crippen LogP contribution in [-0.2, 0) is 12.6 Å². The van der Waals surface area contributed by atoms with E-state index in [4.69, 9.17) is 4.74 Å². The average Bonchev–Trinajstić information content (AvgIpc) is 2.59. The van der Waals surface area contributed by atoms with Crippen molar-refractivity contribution in [2.75, 3.05) is 13.7 Å². The van der Waals surface area contributed by atoms with E-state index in [-0.39, 0.29) is 17.8 Å². The second-order valence-corrected chi connectivity index (χ2v) is 6.75. The van der Waals surface area contributed by atoms with Gasteiger partial charge in [0.2, 0.25) is 0 Å². The molecule has 0 aliphatic rings. The molecule has 1 atom stereocenters. The number of β-amino-alcohol motifs (C(OH)–C–C–N with tert-alkyl or cyclic N) is 1. The van der Waals surface area contributed by atoms with E-state index >= 15 is 0 Å². The van der Waals surface area contributed by atoms with Gasteiger partial charge in [-0.25, -0.2) is 4.98 Å². The number of nitrogens with zero attached hydrogens (tertiary/aromatic N) is 1. The van der Waals surface area contributed by atoms with Gasteiger partial charge in [-0.3, -0.25) is 0 Å². The molecular formula is C19H23F3N2O2. The maximum absolute atomic E-state index is 12.7. The topological polar surface area (TPSA) is 54.4 Å². The maximum Gasteiger partial charge on any atom is 0.433 e. The Bertz CT molecular complexity index is 715. The zero-order valence-electron chi connectivity index (χ0n) is 15.0. The molecular weight excluding hydrogens is 345 g/mol. The van der Waals surface area contributed by atoms with Crippen molar-refractivity contribution in [3.05, 3.63) is 59.4 Å². The lowest BCUT2D eigenvalue weighted by molar-refractivity contribution is -0.141. The number of hydrogen-bond donors (Lipinski definition) is 2. The fourth-order valence-corrected chi connectivity index (χ4v) is 2.59. The van der Waals surface area contributed by atoms with E-state index in [1.54, 1.807) is 7.11 Å². The van der Waals surface area contributed by atoms with Crippen LogP contribution in [0.1, 0.15) is 36.9 Å². The molecule has 0 radical (unpaired) electrons. The number of alkyl halides is 3. The largest absolute Gasteiger partial charge is 0.497 e. The molecule has 4 nitrogen and oxygen atoms in total. The third kappa shape index (κ3) is 5.71. The van der Waals surface area contributed by atoms with Crippen LogP contribution in [0.4, 0.5) is 13.2 Å². The predicted octanol–water partition coefficient (Wildman–Crippen LogP) is 3.75. The van der Waals surface area contributed by atoms with Gasteiger partial charge in [0.25, 0.3) is 0 Å². The van der Waals surface area contributed by atoms with E-state index < -0.39 is 18.0 Å². The molecule has 0 saturated heterocycles. The Hall–Kier alpha value is -2.12. The van der Waals surface area contributed by atoms with Crippen LogP contribution >= 0.6 is 0 Å². The minimum atomic E-state index is -4.53. The molecule has 2 aromatic rings. The van der Waals surface area contributed by atoms with E-state index in [0.717, 1.165) is 17.4 Å². The Balaban J connectivity index is 1.97. The van der Waals surface area contributed by atoms with Gasteiger partial charge in [-0.2, -0.15) is 13.2 Å². The summed E-state index contributed by atoms with van der Waals surface area (Å²) in [6, 6.07) is 11.2. The number of methoxy groups -OCH3 is 1. The second-order valence-electron chi connectivity index (χ2n) is 6.75. The molecule has 0 fully saturated rings. The number of ether oxygens (including phenoxy) is 1. The number of hydrogen-bond acceptors (Lipinski definition) is 4. The molecule has 0 unspecified atom stereocenters. The minimum absolute atomic E-state index is 0.00688. The summed E-state index contributed by atoms with van der Waals surface area (Å²) in [7, 11) is 1.60. The van der Waals surface area contributed by atoms with Crippen LogP contribution in [0.2, 0.25) is 0 Å². The highest BCUT2D eigenvalue weighted by molar-refractivity contribution is 5.28. The number of nitrogens with one attached hydrogen (secondary N) is 1. The number of aromatic nitrogens is 1. The maximum atomic E-state index is 12.7. The van der Waals surface area contributed by atoms with Crippen LogP contribution in [0.3, 0.4) is 0 Å². The third-order valence-electron chi connectivity index (χ3n) is 3.98. The van der Waals surface area contributed by atoms with Crippen molar-refractivity contribution in [2.24, 2.45) is 0 Å². The van der Waals surface area contributed by atoms with Gasteiger partial charge in [-0.15, -0.1) is 0 Å². The first-order valence-corrected chi connectivity index (χ1v) is 8.21. The molecule has 0 spiro atoms. The molecule has 1 heterocycles. The SMILES string of the molecule is COc1ccc(CC(C)(C)NC[C@H](O)c2cccc(C(F)(F)F)n2)cc1. The van der Waals surface area contributed by atoms with Crippen molar-refractivity contribution in [3.8, 4) is 5.75 Å². The smallest absolute Gasteiger partial charge is 0.433 e. The molecule has 2 rings (SSSR count). The Morgan fingerprint density at radius 1 is 1.12 bits per heavy atom. The standard InChI is InChI=1S/C19H23F3N2O2/c1-18(2,11-13-7-9-14(26-3)10-8-13)23-12-16(25)15-5-4-6-17(24-15)19(20,21)22/h4-10,16,23,25H,11-12H2,1-3H3/t16-/m0/s1. The van der Waals surface area contributed by atoms with E-state index in [0.29, 0.717) is 6.42 Å². The fraction of sp³-hybridized carbons (Fsp3) is 0.421. The predicted molar refractivity (Wildman–Crippen MR) is 93.0 cm³/mol. The molecule has 0 aliphatic carbocycles. The second kappa shape index (κ2) is 8.05. The van der Waals surface area contributed by atoms with Crippen LogP contribution < -0.4 is 10.1 Å². The van der Waals surface area contributed by atoms with Crippen molar-refractivity contribution in [1.29, 1.82) is 0 Å². The Morgan fingerprint density at radius 3 is 2.35 bits per heavy atom. The van der Waals surface area contributed by atoms with Crippen molar-refractivity contribution in [3.63, 3.8) is 0 Å². The number of rotatable bonds is 7. The van der Waals surface area contributed by atoms with E-state index in [2.05, 4.69) is 10.3 Å². The zero-order chi connectivity index (χ0) is 19.4. The summed E-state index contributed by atoms with van der Waals surface area (Å²) in [5, 5.41) is 13.4. The summed E-state index contributed by atoms with van der Waals surface area (Å²) < 4.78 is 43.3. The number of aliphatic hydroxyl groups excluding tert-OH is 1. The fourth-order valence-electron chi connectivity index (χ4n) is 2.59. The lowest BCUT2D eigenvalue weighted by Crippen LogP contribution is -2.43. The summed E-state index contributed by atoms with van der Waals surface area (Å²) in [6.07, 6.45) is -4.98. The van der Waals surface area contributed by atoms with Crippen LogP contribution in [-0.4, -0.2) is 29.3 Å². The van der Waals surface area contributed by atoms with Gasteiger partial charge in [-0.05, 0) is 50.1 Å². The molecule has 1 aromatic carbocycles. The summed E-state index contributed by atoms with van der Waals surface area (Å²) >= 11 is 0. The monoisotopic (exact) mass is 368 g/mol. The van der Waals surface area contributed by atoms with Crippen LogP contribution in [0.25, 0.3) is 0 Å². The lowest BCUT2D eigenvalue weighted by Gasteiger charge is -2.28. The first kappa shape index (κ1) is 20.2.